The van der Waals surface area contributed by atoms with Crippen LogP contribution in [0.3, 0.4) is 0 Å². The van der Waals surface area contributed by atoms with Crippen LogP contribution in [0.25, 0.3) is 0 Å². The Hall–Kier alpha value is -1.80. The van der Waals surface area contributed by atoms with Crippen molar-refractivity contribution < 1.29 is 18.8 Å². The van der Waals surface area contributed by atoms with Gasteiger partial charge in [0.15, 0.2) is 0 Å². The third-order valence-corrected chi connectivity index (χ3v) is 4.06. The summed E-state index contributed by atoms with van der Waals surface area (Å²) < 4.78 is 17.3. The first-order valence-corrected chi connectivity index (χ1v) is 7.96. The highest BCUT2D eigenvalue weighted by atomic mass is 16.7. The number of nitrogens with zero attached hydrogens (tertiary/aromatic N) is 1. The smallest absolute Gasteiger partial charge is 0.443 e. The van der Waals surface area contributed by atoms with Gasteiger partial charge in [0.1, 0.15) is 5.60 Å². The molecule has 132 valence electrons. The second-order valence-corrected chi connectivity index (χ2v) is 7.80. The summed E-state index contributed by atoms with van der Waals surface area (Å²) in [7, 11) is -0.555. The lowest BCUT2D eigenvalue weighted by Crippen LogP contribution is -2.41. The number of rotatable bonds is 3. The molecule has 0 spiro atoms. The van der Waals surface area contributed by atoms with Crippen LogP contribution >= 0.6 is 0 Å². The fourth-order valence-electron chi connectivity index (χ4n) is 2.11. The van der Waals surface area contributed by atoms with E-state index in [1.807, 2.05) is 27.7 Å². The van der Waals surface area contributed by atoms with Gasteiger partial charge in [-0.05, 0) is 54.5 Å². The molecule has 0 aliphatic carbocycles. The predicted molar refractivity (Wildman–Crippen MR) is 92.9 cm³/mol. The van der Waals surface area contributed by atoms with Crippen LogP contribution in [0.2, 0.25) is 0 Å². The van der Waals surface area contributed by atoms with E-state index in [1.165, 1.54) is 0 Å². The van der Waals surface area contributed by atoms with Crippen LogP contribution in [0.1, 0.15) is 48.5 Å². The number of hydrogen-bond acceptors (Lipinski definition) is 6. The van der Waals surface area contributed by atoms with Crippen molar-refractivity contribution in [2.75, 3.05) is 5.43 Å². The Kier molecular flexibility index (Phi) is 4.83. The number of aromatic nitrogens is 1. The largest absolute Gasteiger partial charge is 0.497 e. The van der Waals surface area contributed by atoms with Crippen LogP contribution in [0.15, 0.2) is 18.5 Å². The van der Waals surface area contributed by atoms with Crippen molar-refractivity contribution in [3.05, 3.63) is 18.5 Å². The van der Waals surface area contributed by atoms with Crippen LogP contribution in [-0.4, -0.2) is 35.0 Å². The first-order valence-electron chi connectivity index (χ1n) is 7.96. The maximum Gasteiger partial charge on any atom is 0.497 e. The first kappa shape index (κ1) is 18.5. The number of ether oxygens (including phenoxy) is 1. The molecule has 0 unspecified atom stereocenters. The average Bonchev–Trinajstić information content (AvgIpc) is 2.63. The van der Waals surface area contributed by atoms with Crippen molar-refractivity contribution in [3.8, 4) is 0 Å². The van der Waals surface area contributed by atoms with E-state index in [1.54, 1.807) is 39.2 Å². The Balaban J connectivity index is 2.10. The number of hydrogen-bond donors (Lipinski definition) is 2. The van der Waals surface area contributed by atoms with Crippen LogP contribution in [0.5, 0.6) is 0 Å². The van der Waals surface area contributed by atoms with Gasteiger partial charge in [-0.15, -0.1) is 0 Å². The Morgan fingerprint density at radius 2 is 1.79 bits per heavy atom. The Morgan fingerprint density at radius 3 is 2.33 bits per heavy atom. The average molecular weight is 335 g/mol. The van der Waals surface area contributed by atoms with Crippen LogP contribution in [0, 0.1) is 0 Å². The van der Waals surface area contributed by atoms with E-state index in [9.17, 15) is 4.79 Å². The van der Waals surface area contributed by atoms with Crippen LogP contribution in [0.4, 0.5) is 10.5 Å². The lowest BCUT2D eigenvalue weighted by Gasteiger charge is -2.32. The van der Waals surface area contributed by atoms with Gasteiger partial charge in [-0.2, -0.15) is 0 Å². The Labute approximate surface area is 143 Å². The van der Waals surface area contributed by atoms with Crippen LogP contribution in [-0.2, 0) is 14.0 Å². The van der Waals surface area contributed by atoms with Gasteiger partial charge in [0, 0.05) is 11.7 Å². The number of pyridine rings is 1. The zero-order valence-electron chi connectivity index (χ0n) is 15.4. The predicted octanol–water partition coefficient (Wildman–Crippen LogP) is 2.23. The number of carbonyl (C=O) groups excluding carboxylic acids is 1. The summed E-state index contributed by atoms with van der Waals surface area (Å²) in [4.78, 5) is 15.9. The molecule has 0 aromatic carbocycles. The quantitative estimate of drug-likeness (QED) is 0.651. The summed E-state index contributed by atoms with van der Waals surface area (Å²) in [6.07, 6.45) is 2.67. The SMILES string of the molecule is CC(C)(C)OC(=O)NNc1cnccc1B1OC(C)(C)C(C)(C)O1. The van der Waals surface area contributed by atoms with Crippen molar-refractivity contribution >= 4 is 24.4 Å². The molecular weight excluding hydrogens is 309 g/mol. The molecule has 1 saturated heterocycles. The zero-order valence-corrected chi connectivity index (χ0v) is 15.4. The Bertz CT molecular complexity index is 598. The second kappa shape index (κ2) is 6.25. The molecule has 0 saturated carbocycles. The minimum atomic E-state index is -0.578. The highest BCUT2D eigenvalue weighted by Gasteiger charge is 2.52. The van der Waals surface area contributed by atoms with Crippen molar-refractivity contribution in [1.29, 1.82) is 0 Å². The van der Waals surface area contributed by atoms with E-state index < -0.39 is 30.0 Å². The zero-order chi connectivity index (χ0) is 18.2. The van der Waals surface area contributed by atoms with Crippen molar-refractivity contribution in [2.45, 2.75) is 65.3 Å². The van der Waals surface area contributed by atoms with E-state index in [0.29, 0.717) is 5.69 Å². The summed E-state index contributed by atoms with van der Waals surface area (Å²) in [5.41, 5.74) is 5.18. The van der Waals surface area contributed by atoms with E-state index in [4.69, 9.17) is 14.0 Å². The summed E-state index contributed by atoms with van der Waals surface area (Å²) in [5, 5.41) is 0. The molecule has 7 nitrogen and oxygen atoms in total. The lowest BCUT2D eigenvalue weighted by atomic mass is 9.78. The maximum absolute atomic E-state index is 11.8. The minimum Gasteiger partial charge on any atom is -0.443 e. The van der Waals surface area contributed by atoms with E-state index in [2.05, 4.69) is 15.8 Å². The maximum atomic E-state index is 11.8. The fraction of sp³-hybridized carbons (Fsp3) is 0.625. The molecule has 2 heterocycles. The molecule has 24 heavy (non-hydrogen) atoms. The van der Waals surface area contributed by atoms with Gasteiger partial charge in [-0.1, -0.05) is 0 Å². The van der Waals surface area contributed by atoms with Gasteiger partial charge in [0.2, 0.25) is 0 Å². The van der Waals surface area contributed by atoms with Gasteiger partial charge >= 0.3 is 13.2 Å². The highest BCUT2D eigenvalue weighted by Crippen LogP contribution is 2.36. The van der Waals surface area contributed by atoms with E-state index in [-0.39, 0.29) is 0 Å². The fourth-order valence-corrected chi connectivity index (χ4v) is 2.11. The van der Waals surface area contributed by atoms with Gasteiger partial charge in [0.05, 0.1) is 23.1 Å². The summed E-state index contributed by atoms with van der Waals surface area (Å²) >= 11 is 0. The third kappa shape index (κ3) is 4.18. The molecule has 0 atom stereocenters. The molecule has 8 heteroatoms. The lowest BCUT2D eigenvalue weighted by molar-refractivity contribution is 0.00578. The van der Waals surface area contributed by atoms with Crippen molar-refractivity contribution in [3.63, 3.8) is 0 Å². The molecular formula is C16H26BN3O4. The number of amides is 1. The molecule has 1 amide bonds. The molecule has 1 aliphatic rings. The number of hydrazine groups is 1. The van der Waals surface area contributed by atoms with Gasteiger partial charge in [-0.3, -0.25) is 10.4 Å². The van der Waals surface area contributed by atoms with Crippen LogP contribution < -0.4 is 16.3 Å². The molecule has 1 aromatic heterocycles. The number of carbonyl (C=O) groups is 1. The molecule has 0 bridgehead atoms. The van der Waals surface area contributed by atoms with Gasteiger partial charge in [-0.25, -0.2) is 10.2 Å². The van der Waals surface area contributed by atoms with Crippen molar-refractivity contribution in [2.24, 2.45) is 0 Å². The first-order chi connectivity index (χ1) is 10.9. The van der Waals surface area contributed by atoms with E-state index in [0.717, 1.165) is 5.46 Å². The monoisotopic (exact) mass is 335 g/mol. The van der Waals surface area contributed by atoms with Gasteiger partial charge in [0.25, 0.3) is 0 Å². The normalized spacial score (nSPS) is 19.0. The molecule has 1 aliphatic heterocycles. The number of nitrogens with one attached hydrogen (secondary N) is 2. The molecule has 0 radical (unpaired) electrons. The topological polar surface area (TPSA) is 81.7 Å². The summed E-state index contributed by atoms with van der Waals surface area (Å²) in [6.45, 7) is 13.3. The van der Waals surface area contributed by atoms with Crippen molar-refractivity contribution in [1.82, 2.24) is 10.4 Å². The standard InChI is InChI=1S/C16H26BN3O4/c1-14(2,3)22-13(21)20-19-12-10-18-9-8-11(12)17-23-15(4,5)16(6,7)24-17/h8-10,19H,1-7H3,(H,20,21). The number of anilines is 1. The molecule has 2 rings (SSSR count). The minimum absolute atomic E-state index is 0.448. The highest BCUT2D eigenvalue weighted by molar-refractivity contribution is 6.63. The summed E-state index contributed by atoms with van der Waals surface area (Å²) in [5.74, 6) is 0. The second-order valence-electron chi connectivity index (χ2n) is 7.80. The molecule has 2 N–H and O–H groups in total. The molecule has 1 fully saturated rings. The van der Waals surface area contributed by atoms with Gasteiger partial charge < -0.3 is 14.0 Å². The summed E-state index contributed by atoms with van der Waals surface area (Å²) in [6, 6.07) is 1.79. The third-order valence-electron chi connectivity index (χ3n) is 4.06. The molecule has 1 aromatic rings. The Morgan fingerprint density at radius 1 is 1.21 bits per heavy atom. The van der Waals surface area contributed by atoms with E-state index >= 15 is 0 Å².